The van der Waals surface area contributed by atoms with Gasteiger partial charge in [-0.05, 0) is 43.9 Å². The third kappa shape index (κ3) is 3.55. The molecular weight excluding hydrogens is 367 g/mol. The fourth-order valence-electron chi connectivity index (χ4n) is 2.59. The smallest absolute Gasteiger partial charge is 0.234 e. The zero-order valence-corrected chi connectivity index (χ0v) is 15.2. The van der Waals surface area contributed by atoms with E-state index in [1.165, 1.54) is 37.4 Å². The van der Waals surface area contributed by atoms with Crippen LogP contribution in [0, 0.1) is 0 Å². The van der Waals surface area contributed by atoms with Crippen molar-refractivity contribution in [2.45, 2.75) is 42.8 Å². The fraction of sp³-hybridized carbons (Fsp3) is 0.438. The molecule has 0 unspecified atom stereocenters. The summed E-state index contributed by atoms with van der Waals surface area (Å²) in [6.45, 7) is 0. The number of thioether (sulfide) groups is 1. The van der Waals surface area contributed by atoms with Gasteiger partial charge < -0.3 is 9.88 Å². The number of carbonyl (C=O) groups excluding carboxylic acids is 1. The van der Waals surface area contributed by atoms with Crippen molar-refractivity contribution in [1.29, 1.82) is 0 Å². The van der Waals surface area contributed by atoms with Crippen LogP contribution in [0.4, 0.5) is 5.69 Å². The number of rotatable bonds is 6. The number of nitrogens with one attached hydrogen (secondary N) is 1. The average molecular weight is 383 g/mol. The van der Waals surface area contributed by atoms with Crippen LogP contribution in [0.3, 0.4) is 0 Å². The first-order valence-corrected chi connectivity index (χ1v) is 9.68. The highest BCUT2D eigenvalue weighted by Crippen LogP contribution is 2.46. The molecule has 2 fully saturated rings. The summed E-state index contributed by atoms with van der Waals surface area (Å²) in [6, 6.07) is 5.51. The van der Waals surface area contributed by atoms with Gasteiger partial charge in [0, 0.05) is 17.0 Å². The molecule has 1 aromatic carbocycles. The molecule has 0 aliphatic heterocycles. The van der Waals surface area contributed by atoms with Gasteiger partial charge >= 0.3 is 0 Å². The van der Waals surface area contributed by atoms with Gasteiger partial charge in [-0.2, -0.15) is 0 Å². The summed E-state index contributed by atoms with van der Waals surface area (Å²) in [5, 5.41) is 13.3. The number of halogens is 2. The highest BCUT2D eigenvalue weighted by atomic mass is 35.5. The van der Waals surface area contributed by atoms with Crippen molar-refractivity contribution in [3.05, 3.63) is 34.1 Å². The molecule has 24 heavy (non-hydrogen) atoms. The standard InChI is InChI=1S/C16H16Cl2N4OS/c17-10-3-6-12(18)13(7-10)19-14(23)8-24-16-21-20-15(9-1-2-9)22(16)11-4-5-11/h3,6-7,9,11H,1-2,4-5,8H2,(H,19,23). The van der Waals surface area contributed by atoms with E-state index in [4.69, 9.17) is 23.2 Å². The van der Waals surface area contributed by atoms with Gasteiger partial charge in [-0.25, -0.2) is 0 Å². The second-order valence-corrected chi connectivity index (χ2v) is 7.96. The lowest BCUT2D eigenvalue weighted by atomic mass is 10.3. The Morgan fingerprint density at radius 1 is 1.25 bits per heavy atom. The first kappa shape index (κ1) is 16.2. The lowest BCUT2D eigenvalue weighted by Crippen LogP contribution is -2.15. The molecule has 2 aliphatic carbocycles. The molecule has 0 bridgehead atoms. The lowest BCUT2D eigenvalue weighted by Gasteiger charge is -2.09. The number of hydrogen-bond donors (Lipinski definition) is 1. The Morgan fingerprint density at radius 2 is 2.04 bits per heavy atom. The first-order valence-electron chi connectivity index (χ1n) is 7.94. The second kappa shape index (κ2) is 6.58. The van der Waals surface area contributed by atoms with E-state index >= 15 is 0 Å². The van der Waals surface area contributed by atoms with Gasteiger partial charge in [0.05, 0.1) is 16.5 Å². The normalized spacial score (nSPS) is 17.1. The molecule has 126 valence electrons. The number of nitrogens with zero attached hydrogens (tertiary/aromatic N) is 3. The lowest BCUT2D eigenvalue weighted by molar-refractivity contribution is -0.113. The van der Waals surface area contributed by atoms with Gasteiger partial charge in [0.15, 0.2) is 5.16 Å². The van der Waals surface area contributed by atoms with Gasteiger partial charge in [-0.3, -0.25) is 4.79 Å². The van der Waals surface area contributed by atoms with E-state index in [0.717, 1.165) is 11.0 Å². The van der Waals surface area contributed by atoms with Crippen molar-refractivity contribution in [3.8, 4) is 0 Å². The molecule has 0 spiro atoms. The molecule has 1 N–H and O–H groups in total. The van der Waals surface area contributed by atoms with E-state index in [1.807, 2.05) is 0 Å². The van der Waals surface area contributed by atoms with E-state index in [9.17, 15) is 4.79 Å². The van der Waals surface area contributed by atoms with Crippen LogP contribution in [-0.4, -0.2) is 26.4 Å². The zero-order chi connectivity index (χ0) is 16.7. The summed E-state index contributed by atoms with van der Waals surface area (Å²) in [5.74, 6) is 1.78. The summed E-state index contributed by atoms with van der Waals surface area (Å²) in [7, 11) is 0. The molecule has 1 aromatic heterocycles. The Kier molecular flexibility index (Phi) is 4.45. The fourth-order valence-corrected chi connectivity index (χ4v) is 3.74. The topological polar surface area (TPSA) is 59.8 Å². The van der Waals surface area contributed by atoms with Crippen LogP contribution in [0.1, 0.15) is 43.5 Å². The van der Waals surface area contributed by atoms with Crippen LogP contribution < -0.4 is 5.32 Å². The van der Waals surface area contributed by atoms with Crippen molar-refractivity contribution >= 4 is 46.6 Å². The molecule has 0 radical (unpaired) electrons. The number of anilines is 1. The van der Waals surface area contributed by atoms with E-state index in [2.05, 4.69) is 20.1 Å². The van der Waals surface area contributed by atoms with Crippen LogP contribution in [0.2, 0.25) is 10.0 Å². The van der Waals surface area contributed by atoms with Crippen molar-refractivity contribution in [1.82, 2.24) is 14.8 Å². The number of hydrogen-bond acceptors (Lipinski definition) is 4. The van der Waals surface area contributed by atoms with Crippen LogP contribution in [-0.2, 0) is 4.79 Å². The maximum Gasteiger partial charge on any atom is 0.234 e. The van der Waals surface area contributed by atoms with Gasteiger partial charge in [-0.1, -0.05) is 35.0 Å². The van der Waals surface area contributed by atoms with E-state index < -0.39 is 0 Å². The quantitative estimate of drug-likeness (QED) is 0.745. The van der Waals surface area contributed by atoms with Crippen molar-refractivity contribution < 1.29 is 4.79 Å². The second-order valence-electron chi connectivity index (χ2n) is 6.18. The van der Waals surface area contributed by atoms with E-state index in [-0.39, 0.29) is 11.7 Å². The number of carbonyl (C=O) groups is 1. The molecule has 0 saturated heterocycles. The summed E-state index contributed by atoms with van der Waals surface area (Å²) in [4.78, 5) is 12.2. The minimum Gasteiger partial charge on any atom is -0.324 e. The minimum absolute atomic E-state index is 0.137. The van der Waals surface area contributed by atoms with Crippen LogP contribution in [0.15, 0.2) is 23.4 Å². The summed E-state index contributed by atoms with van der Waals surface area (Å²) in [6.07, 6.45) is 4.75. The monoisotopic (exact) mass is 382 g/mol. The molecule has 4 rings (SSSR count). The number of amides is 1. The zero-order valence-electron chi connectivity index (χ0n) is 12.8. The van der Waals surface area contributed by atoms with Gasteiger partial charge in [0.1, 0.15) is 5.82 Å². The molecule has 2 aromatic rings. The number of aromatic nitrogens is 3. The summed E-state index contributed by atoms with van der Waals surface area (Å²) < 4.78 is 2.24. The summed E-state index contributed by atoms with van der Waals surface area (Å²) in [5.41, 5.74) is 0.525. The maximum absolute atomic E-state index is 12.2. The van der Waals surface area contributed by atoms with Crippen molar-refractivity contribution in [2.75, 3.05) is 11.1 Å². The molecule has 1 heterocycles. The molecule has 2 aliphatic rings. The van der Waals surface area contributed by atoms with Crippen LogP contribution in [0.5, 0.6) is 0 Å². The molecule has 2 saturated carbocycles. The van der Waals surface area contributed by atoms with Gasteiger partial charge in [0.2, 0.25) is 5.91 Å². The molecule has 5 nitrogen and oxygen atoms in total. The molecule has 8 heteroatoms. The van der Waals surface area contributed by atoms with Crippen LogP contribution in [0.25, 0.3) is 0 Å². The van der Waals surface area contributed by atoms with Gasteiger partial charge in [0.25, 0.3) is 0 Å². The Morgan fingerprint density at radius 3 is 2.75 bits per heavy atom. The number of benzene rings is 1. The third-order valence-corrected chi connectivity index (χ3v) is 5.59. The Hall–Kier alpha value is -1.24. The first-order chi connectivity index (χ1) is 11.6. The average Bonchev–Trinajstić information content (AvgIpc) is 3.47. The molecule has 0 atom stereocenters. The maximum atomic E-state index is 12.2. The highest BCUT2D eigenvalue weighted by Gasteiger charge is 2.36. The Bertz CT molecular complexity index is 786. The Labute approximate surface area is 154 Å². The predicted molar refractivity (Wildman–Crippen MR) is 96.1 cm³/mol. The largest absolute Gasteiger partial charge is 0.324 e. The third-order valence-electron chi connectivity index (χ3n) is 4.08. The molecule has 1 amide bonds. The van der Waals surface area contributed by atoms with Crippen LogP contribution >= 0.6 is 35.0 Å². The van der Waals surface area contributed by atoms with Crippen molar-refractivity contribution in [2.24, 2.45) is 0 Å². The minimum atomic E-state index is -0.137. The highest BCUT2D eigenvalue weighted by molar-refractivity contribution is 7.99. The Balaban J connectivity index is 1.41. The van der Waals surface area contributed by atoms with E-state index in [1.54, 1.807) is 18.2 Å². The van der Waals surface area contributed by atoms with Crippen molar-refractivity contribution in [3.63, 3.8) is 0 Å². The SMILES string of the molecule is O=C(CSc1nnc(C2CC2)n1C1CC1)Nc1cc(Cl)ccc1Cl. The predicted octanol–water partition coefficient (Wildman–Crippen LogP) is 4.53. The molecular formula is C16H16Cl2N4OS. The van der Waals surface area contributed by atoms with E-state index in [0.29, 0.717) is 27.7 Å². The summed E-state index contributed by atoms with van der Waals surface area (Å²) >= 11 is 13.4. The van der Waals surface area contributed by atoms with Gasteiger partial charge in [-0.15, -0.1) is 10.2 Å².